The Morgan fingerprint density at radius 1 is 1.19 bits per heavy atom. The minimum atomic E-state index is -3.47. The normalized spacial score (nSPS) is 22.2. The highest BCUT2D eigenvalue weighted by atomic mass is 32.0. The summed E-state index contributed by atoms with van der Waals surface area (Å²) in [7, 11) is 2.42. The van der Waals surface area contributed by atoms with Crippen LogP contribution >= 0.6 is 15.8 Å². The Morgan fingerprint density at radius 3 is 2.45 bits per heavy atom. The number of carbonyl (C=O) groups is 1. The number of carbonyl (C=O) groups excluding carboxylic acids is 1. The maximum absolute atomic E-state index is 16.6. The number of hydrogen-bond acceptors (Lipinski definition) is 5. The number of allylic oxidation sites excluding steroid dienone is 5. The largest absolute Gasteiger partial charge is 0.545 e. The van der Waals surface area contributed by atoms with Crippen LogP contribution in [0.15, 0.2) is 47.3 Å². The Kier molecular flexibility index (Phi) is 6.57. The molecule has 0 aromatic heterocycles. The van der Waals surface area contributed by atoms with Gasteiger partial charge in [-0.3, -0.25) is 4.85 Å². The predicted octanol–water partition coefficient (Wildman–Crippen LogP) is 4.24. The number of hydrogen-bond donors (Lipinski definition) is 0. The Labute approximate surface area is 242 Å². The van der Waals surface area contributed by atoms with Crippen LogP contribution in [0.3, 0.4) is 0 Å². The Bertz CT molecular complexity index is 1870. The van der Waals surface area contributed by atoms with Crippen LogP contribution in [0, 0.1) is 35.4 Å². The quantitative estimate of drug-likeness (QED) is 0.225. The first-order valence-corrected chi connectivity index (χ1v) is 16.5. The molecule has 3 aliphatic heterocycles. The molecular formula is C30H23F3N4O3P2. The number of carboxylic acids is 1. The lowest BCUT2D eigenvalue weighted by Crippen LogP contribution is -2.37. The molecule has 2 aromatic rings. The van der Waals surface area contributed by atoms with E-state index in [-0.39, 0.29) is 27.3 Å². The van der Waals surface area contributed by atoms with Crippen molar-refractivity contribution in [3.05, 3.63) is 98.4 Å². The number of halogens is 3. The predicted molar refractivity (Wildman–Crippen MR) is 153 cm³/mol. The lowest BCUT2D eigenvalue weighted by molar-refractivity contribution is -0.582. The van der Waals surface area contributed by atoms with Gasteiger partial charge in [-0.25, -0.2) is 24.3 Å². The van der Waals surface area contributed by atoms with Crippen molar-refractivity contribution in [2.45, 2.75) is 25.3 Å². The van der Waals surface area contributed by atoms with Gasteiger partial charge in [-0.15, -0.1) is 0 Å². The summed E-state index contributed by atoms with van der Waals surface area (Å²) in [5.41, 5.74) is -4.23. The van der Waals surface area contributed by atoms with Crippen LogP contribution in [0.2, 0.25) is 0 Å². The van der Waals surface area contributed by atoms with E-state index in [0.717, 1.165) is 57.3 Å². The third-order valence-corrected chi connectivity index (χ3v) is 12.2. The average Bonchev–Trinajstić information content (AvgIpc) is 2.90. The SMILES string of the molecule is [C-]#[N+]C(C)(C#N)c1c(F)c(F)c(C(=O)[O-])c(C2=C3C=CC(=[N+]4CCC4)C=C3P(=O)(P)c3cc(N4CCC4)ccc32)c1F. The van der Waals surface area contributed by atoms with Crippen molar-refractivity contribution in [2.24, 2.45) is 0 Å². The third kappa shape index (κ3) is 3.93. The molecule has 7 nitrogen and oxygen atoms in total. The molecule has 6 rings (SSSR count). The molecule has 42 heavy (non-hydrogen) atoms. The minimum absolute atomic E-state index is 0.138. The third-order valence-electron chi connectivity index (χ3n) is 8.36. The summed E-state index contributed by atoms with van der Waals surface area (Å²) >= 11 is 0. The van der Waals surface area contributed by atoms with Crippen molar-refractivity contribution < 1.29 is 32.2 Å². The van der Waals surface area contributed by atoms with Crippen LogP contribution in [0.1, 0.15) is 46.8 Å². The number of benzene rings is 2. The molecule has 3 unspecified atom stereocenters. The highest BCUT2D eigenvalue weighted by Crippen LogP contribution is 2.68. The molecule has 3 heterocycles. The number of fused-ring (bicyclic) bond motifs is 2. The highest BCUT2D eigenvalue weighted by Gasteiger charge is 2.46. The van der Waals surface area contributed by atoms with Crippen molar-refractivity contribution in [3.8, 4) is 6.07 Å². The fraction of sp³-hybridized carbons (Fsp3) is 0.267. The van der Waals surface area contributed by atoms with E-state index in [0.29, 0.717) is 0 Å². The monoisotopic (exact) mass is 606 g/mol. The van der Waals surface area contributed by atoms with Crippen LogP contribution in [-0.4, -0.2) is 42.4 Å². The average molecular weight is 606 g/mol. The number of aromatic carboxylic acids is 1. The summed E-state index contributed by atoms with van der Waals surface area (Å²) in [6.45, 7) is 8.02. The Balaban J connectivity index is 1.77. The van der Waals surface area contributed by atoms with Crippen LogP contribution in [0.5, 0.6) is 0 Å². The molecule has 0 amide bonds. The van der Waals surface area contributed by atoms with Gasteiger partial charge in [-0.2, -0.15) is 5.26 Å². The molecule has 2 fully saturated rings. The lowest BCUT2D eigenvalue weighted by Gasteiger charge is -2.36. The molecule has 0 bridgehead atoms. The fourth-order valence-corrected chi connectivity index (χ4v) is 9.03. The van der Waals surface area contributed by atoms with Gasteiger partial charge in [0, 0.05) is 65.2 Å². The van der Waals surface area contributed by atoms with Crippen molar-refractivity contribution in [1.82, 2.24) is 0 Å². The van der Waals surface area contributed by atoms with Gasteiger partial charge in [-0.05, 0) is 35.8 Å². The van der Waals surface area contributed by atoms with Crippen molar-refractivity contribution >= 4 is 44.0 Å². The first-order valence-electron chi connectivity index (χ1n) is 13.2. The van der Waals surface area contributed by atoms with Gasteiger partial charge in [-0.1, -0.05) is 15.0 Å². The van der Waals surface area contributed by atoms with Crippen LogP contribution in [0.4, 0.5) is 18.9 Å². The Hall–Kier alpha value is -3.97. The minimum Gasteiger partial charge on any atom is -0.545 e. The van der Waals surface area contributed by atoms with E-state index in [2.05, 4.69) is 23.2 Å². The standard InChI is InChI=1S/C30H23F3N4O3P2/c1-30(15-34,35-2)25-26(31)23(24(29(38)39)27(32)28(25)33)22-18-7-5-16(36-9-3-10-36)13-20(18)42(40,41)21-14-17(6-8-19(21)22)37-11-4-12-37/h5-8,13-14H,3-4,9-12,41H2,1H3. The van der Waals surface area contributed by atoms with Crippen molar-refractivity contribution in [2.75, 3.05) is 31.1 Å². The summed E-state index contributed by atoms with van der Waals surface area (Å²) in [5.74, 6) is -7.65. The summed E-state index contributed by atoms with van der Waals surface area (Å²) in [6, 6.07) is 6.51. The van der Waals surface area contributed by atoms with E-state index in [1.165, 1.54) is 6.07 Å². The van der Waals surface area contributed by atoms with Crippen LogP contribution < -0.4 is 15.3 Å². The van der Waals surface area contributed by atoms with E-state index < -0.39 is 52.5 Å². The number of carboxylic acid groups (broad SMARTS) is 1. The van der Waals surface area contributed by atoms with Crippen molar-refractivity contribution in [3.63, 3.8) is 0 Å². The molecule has 3 atom stereocenters. The topological polar surface area (TPSA) is 91.6 Å². The molecule has 212 valence electrons. The molecule has 2 aromatic carbocycles. The summed E-state index contributed by atoms with van der Waals surface area (Å²) in [5, 5.41) is 22.5. The Morgan fingerprint density at radius 2 is 1.90 bits per heavy atom. The lowest BCUT2D eigenvalue weighted by atomic mass is 9.82. The summed E-state index contributed by atoms with van der Waals surface area (Å²) in [4.78, 5) is 17.4. The van der Waals surface area contributed by atoms with E-state index in [1.54, 1.807) is 36.4 Å². The van der Waals surface area contributed by atoms with Gasteiger partial charge >= 0.3 is 5.54 Å². The van der Waals surface area contributed by atoms with Gasteiger partial charge < -0.3 is 19.4 Å². The molecule has 12 heteroatoms. The van der Waals surface area contributed by atoms with Gasteiger partial charge in [0.2, 0.25) is 5.71 Å². The zero-order chi connectivity index (χ0) is 30.1. The molecule has 2 saturated heterocycles. The second-order valence-corrected chi connectivity index (χ2v) is 15.2. The van der Waals surface area contributed by atoms with Gasteiger partial charge in [0.25, 0.3) is 0 Å². The van der Waals surface area contributed by atoms with Crippen LogP contribution in [-0.2, 0) is 10.1 Å². The molecule has 0 saturated carbocycles. The maximum atomic E-state index is 16.6. The van der Waals surface area contributed by atoms with Crippen molar-refractivity contribution in [1.29, 1.82) is 5.26 Å². The van der Waals surface area contributed by atoms with E-state index in [9.17, 15) is 19.7 Å². The molecule has 1 aliphatic carbocycles. The summed E-state index contributed by atoms with van der Waals surface area (Å²) < 4.78 is 64.2. The second kappa shape index (κ2) is 9.80. The molecule has 4 aliphatic rings. The number of anilines is 1. The van der Waals surface area contributed by atoms with Gasteiger partial charge in [0.05, 0.1) is 12.4 Å². The van der Waals surface area contributed by atoms with Gasteiger partial charge in [0.15, 0.2) is 24.5 Å². The number of nitriles is 1. The highest BCUT2D eigenvalue weighted by molar-refractivity contribution is 8.24. The summed E-state index contributed by atoms with van der Waals surface area (Å²) in [6.07, 6.45) is 6.95. The molecule has 0 spiro atoms. The fourth-order valence-electron chi connectivity index (χ4n) is 5.75. The van der Waals surface area contributed by atoms with E-state index in [4.69, 9.17) is 6.57 Å². The zero-order valence-corrected chi connectivity index (χ0v) is 24.4. The number of nitrogens with zero attached hydrogens (tertiary/aromatic N) is 4. The number of rotatable bonds is 4. The zero-order valence-electron chi connectivity index (χ0n) is 22.4. The van der Waals surface area contributed by atoms with E-state index in [1.807, 2.05) is 0 Å². The first-order chi connectivity index (χ1) is 19.9. The maximum Gasteiger partial charge on any atom is 0.343 e. The van der Waals surface area contributed by atoms with E-state index >= 15 is 13.2 Å². The smallest absolute Gasteiger partial charge is 0.343 e. The molecule has 0 N–H and O–H groups in total. The first kappa shape index (κ1) is 28.2. The van der Waals surface area contributed by atoms with Crippen LogP contribution in [0.25, 0.3) is 10.4 Å². The molecule has 0 radical (unpaired) electrons. The molecular weight excluding hydrogens is 583 g/mol. The second-order valence-electron chi connectivity index (χ2n) is 10.8. The van der Waals surface area contributed by atoms with Gasteiger partial charge in [0.1, 0.15) is 24.5 Å².